The second-order valence-corrected chi connectivity index (χ2v) is 7.89. The standard InChI is InChI=1S/C24H28FN3O/c1-2-28(24(29)23-14-18-8-3-4-12-22(18)27-23)21-11-6-10-20(15-21)26-16-17-7-5-9-19(25)13-17/h3-5,7-9,12-14,20-21,26-27H,2,6,10-11,15-16H2,1H3/t20-,21?/m1/s1. The maximum atomic E-state index is 13.4. The predicted molar refractivity (Wildman–Crippen MR) is 114 cm³/mol. The number of H-pyrrole nitrogens is 1. The summed E-state index contributed by atoms with van der Waals surface area (Å²) in [7, 11) is 0. The SMILES string of the molecule is CCN(C(=O)c1cc2ccccc2[nH]1)C1CCC[C@@H](NCc2cccc(F)c2)C1. The molecule has 1 aliphatic carbocycles. The predicted octanol–water partition coefficient (Wildman–Crippen LogP) is 4.87. The van der Waals surface area contributed by atoms with Crippen LogP contribution < -0.4 is 5.32 Å². The molecule has 1 fully saturated rings. The Labute approximate surface area is 171 Å². The highest BCUT2D eigenvalue weighted by molar-refractivity contribution is 5.98. The van der Waals surface area contributed by atoms with Crippen LogP contribution in [0.1, 0.15) is 48.7 Å². The van der Waals surface area contributed by atoms with E-state index in [4.69, 9.17) is 0 Å². The average Bonchev–Trinajstić information content (AvgIpc) is 3.17. The number of carbonyl (C=O) groups excluding carboxylic acids is 1. The Balaban J connectivity index is 1.42. The van der Waals surface area contributed by atoms with Crippen molar-refractivity contribution in [3.05, 3.63) is 71.7 Å². The quantitative estimate of drug-likeness (QED) is 0.628. The zero-order valence-corrected chi connectivity index (χ0v) is 16.8. The molecular formula is C24H28FN3O. The summed E-state index contributed by atoms with van der Waals surface area (Å²) < 4.78 is 13.4. The number of aromatic amines is 1. The molecule has 2 aromatic carbocycles. The van der Waals surface area contributed by atoms with Crippen molar-refractivity contribution in [2.75, 3.05) is 6.54 Å². The minimum Gasteiger partial charge on any atom is -0.351 e. The van der Waals surface area contributed by atoms with Crippen LogP contribution in [0.5, 0.6) is 0 Å². The smallest absolute Gasteiger partial charge is 0.270 e. The van der Waals surface area contributed by atoms with E-state index in [1.54, 1.807) is 12.1 Å². The number of hydrogen-bond acceptors (Lipinski definition) is 2. The molecule has 1 amide bonds. The van der Waals surface area contributed by atoms with Crippen LogP contribution in [0.2, 0.25) is 0 Å². The van der Waals surface area contributed by atoms with Crippen molar-refractivity contribution in [3.8, 4) is 0 Å². The number of carbonyl (C=O) groups is 1. The van der Waals surface area contributed by atoms with Crippen molar-refractivity contribution in [3.63, 3.8) is 0 Å². The molecule has 29 heavy (non-hydrogen) atoms. The Morgan fingerprint density at radius 1 is 1.17 bits per heavy atom. The molecular weight excluding hydrogens is 365 g/mol. The van der Waals surface area contributed by atoms with E-state index in [2.05, 4.69) is 10.3 Å². The molecule has 0 radical (unpaired) electrons. The number of para-hydroxylation sites is 1. The van der Waals surface area contributed by atoms with E-state index in [9.17, 15) is 9.18 Å². The van der Waals surface area contributed by atoms with E-state index < -0.39 is 0 Å². The van der Waals surface area contributed by atoms with Crippen molar-refractivity contribution in [2.24, 2.45) is 0 Å². The van der Waals surface area contributed by atoms with E-state index in [0.29, 0.717) is 24.8 Å². The highest BCUT2D eigenvalue weighted by atomic mass is 19.1. The van der Waals surface area contributed by atoms with Gasteiger partial charge in [-0.3, -0.25) is 4.79 Å². The topological polar surface area (TPSA) is 48.1 Å². The number of amides is 1. The zero-order chi connectivity index (χ0) is 20.2. The van der Waals surface area contributed by atoms with Crippen LogP contribution in [0.4, 0.5) is 4.39 Å². The lowest BCUT2D eigenvalue weighted by Crippen LogP contribution is -2.46. The van der Waals surface area contributed by atoms with Gasteiger partial charge >= 0.3 is 0 Å². The number of hydrogen-bond donors (Lipinski definition) is 2. The first-order valence-corrected chi connectivity index (χ1v) is 10.5. The maximum absolute atomic E-state index is 13.4. The molecule has 4 rings (SSSR count). The number of aromatic nitrogens is 1. The summed E-state index contributed by atoms with van der Waals surface area (Å²) in [4.78, 5) is 18.5. The van der Waals surface area contributed by atoms with Crippen LogP contribution in [0.25, 0.3) is 10.9 Å². The van der Waals surface area contributed by atoms with Gasteiger partial charge in [-0.15, -0.1) is 0 Å². The van der Waals surface area contributed by atoms with Gasteiger partial charge < -0.3 is 15.2 Å². The van der Waals surface area contributed by atoms with Crippen LogP contribution in [-0.2, 0) is 6.54 Å². The van der Waals surface area contributed by atoms with E-state index in [0.717, 1.165) is 42.1 Å². The third kappa shape index (κ3) is 4.51. The molecule has 2 atom stereocenters. The number of halogens is 1. The van der Waals surface area contributed by atoms with Gasteiger partial charge in [0.15, 0.2) is 0 Å². The van der Waals surface area contributed by atoms with Crippen molar-refractivity contribution >= 4 is 16.8 Å². The van der Waals surface area contributed by atoms with Gasteiger partial charge in [0.2, 0.25) is 0 Å². The first kappa shape index (κ1) is 19.6. The first-order chi connectivity index (χ1) is 14.1. The molecule has 1 unspecified atom stereocenters. The Hall–Kier alpha value is -2.66. The molecule has 1 aromatic heterocycles. The van der Waals surface area contributed by atoms with Crippen molar-refractivity contribution in [1.29, 1.82) is 0 Å². The molecule has 0 aliphatic heterocycles. The van der Waals surface area contributed by atoms with Crippen LogP contribution >= 0.6 is 0 Å². The lowest BCUT2D eigenvalue weighted by Gasteiger charge is -2.37. The highest BCUT2D eigenvalue weighted by Gasteiger charge is 2.29. The van der Waals surface area contributed by atoms with Crippen LogP contribution in [0.3, 0.4) is 0 Å². The van der Waals surface area contributed by atoms with Crippen molar-refractivity contribution in [2.45, 2.75) is 51.2 Å². The summed E-state index contributed by atoms with van der Waals surface area (Å²) in [5, 5.41) is 4.62. The summed E-state index contributed by atoms with van der Waals surface area (Å²) >= 11 is 0. The zero-order valence-electron chi connectivity index (χ0n) is 16.8. The van der Waals surface area contributed by atoms with E-state index >= 15 is 0 Å². The van der Waals surface area contributed by atoms with Gasteiger partial charge in [0, 0.05) is 36.1 Å². The second-order valence-electron chi connectivity index (χ2n) is 7.89. The van der Waals surface area contributed by atoms with Gasteiger partial charge in [-0.05, 0) is 62.4 Å². The first-order valence-electron chi connectivity index (χ1n) is 10.5. The van der Waals surface area contributed by atoms with Gasteiger partial charge in [-0.1, -0.05) is 30.3 Å². The molecule has 152 valence electrons. The Morgan fingerprint density at radius 3 is 2.83 bits per heavy atom. The van der Waals surface area contributed by atoms with Gasteiger partial charge in [-0.25, -0.2) is 4.39 Å². The third-order valence-corrected chi connectivity index (χ3v) is 5.93. The van der Waals surface area contributed by atoms with Crippen LogP contribution in [-0.4, -0.2) is 34.4 Å². The maximum Gasteiger partial charge on any atom is 0.270 e. The van der Waals surface area contributed by atoms with Crippen molar-refractivity contribution < 1.29 is 9.18 Å². The molecule has 5 heteroatoms. The lowest BCUT2D eigenvalue weighted by molar-refractivity contribution is 0.0623. The minimum atomic E-state index is -0.202. The summed E-state index contributed by atoms with van der Waals surface area (Å²) in [6, 6.07) is 17.2. The van der Waals surface area contributed by atoms with Gasteiger partial charge in [0.25, 0.3) is 5.91 Å². The third-order valence-electron chi connectivity index (χ3n) is 5.93. The van der Waals surface area contributed by atoms with E-state index in [1.165, 1.54) is 6.07 Å². The van der Waals surface area contributed by atoms with E-state index in [1.807, 2.05) is 48.2 Å². The number of nitrogens with zero attached hydrogens (tertiary/aromatic N) is 1. The van der Waals surface area contributed by atoms with Gasteiger partial charge in [0.05, 0.1) is 0 Å². The molecule has 0 bridgehead atoms. The highest BCUT2D eigenvalue weighted by Crippen LogP contribution is 2.26. The number of rotatable bonds is 6. The second kappa shape index (κ2) is 8.78. The fraction of sp³-hybridized carbons (Fsp3) is 0.375. The molecule has 2 N–H and O–H groups in total. The fourth-order valence-electron chi connectivity index (χ4n) is 4.45. The molecule has 1 aliphatic rings. The number of benzene rings is 2. The van der Waals surface area contributed by atoms with Crippen molar-refractivity contribution in [1.82, 2.24) is 15.2 Å². The Bertz CT molecular complexity index is 950. The molecule has 1 heterocycles. The van der Waals surface area contributed by atoms with Crippen LogP contribution in [0.15, 0.2) is 54.6 Å². The summed E-state index contributed by atoms with van der Waals surface area (Å²) in [6.45, 7) is 3.39. The largest absolute Gasteiger partial charge is 0.351 e. The van der Waals surface area contributed by atoms with Crippen LogP contribution in [0, 0.1) is 5.82 Å². The van der Waals surface area contributed by atoms with Gasteiger partial charge in [-0.2, -0.15) is 0 Å². The average molecular weight is 394 g/mol. The summed E-state index contributed by atoms with van der Waals surface area (Å²) in [6.07, 6.45) is 4.12. The number of nitrogens with one attached hydrogen (secondary N) is 2. The molecule has 0 saturated heterocycles. The molecule has 0 spiro atoms. The normalized spacial score (nSPS) is 19.4. The monoisotopic (exact) mass is 393 g/mol. The summed E-state index contributed by atoms with van der Waals surface area (Å²) in [5.41, 5.74) is 2.60. The number of fused-ring (bicyclic) bond motifs is 1. The summed E-state index contributed by atoms with van der Waals surface area (Å²) in [5.74, 6) is -0.133. The lowest BCUT2D eigenvalue weighted by atomic mass is 9.89. The Morgan fingerprint density at radius 2 is 2.03 bits per heavy atom. The Kier molecular flexibility index (Phi) is 5.95. The minimum absolute atomic E-state index is 0.0690. The molecule has 1 saturated carbocycles. The van der Waals surface area contributed by atoms with E-state index in [-0.39, 0.29) is 17.8 Å². The molecule has 3 aromatic rings. The fourth-order valence-corrected chi connectivity index (χ4v) is 4.45. The van der Waals surface area contributed by atoms with Gasteiger partial charge in [0.1, 0.15) is 11.5 Å². The molecule has 4 nitrogen and oxygen atoms in total.